The predicted molar refractivity (Wildman–Crippen MR) is 120 cm³/mol. The van der Waals surface area contributed by atoms with E-state index >= 15 is 0 Å². The van der Waals surface area contributed by atoms with Crippen molar-refractivity contribution in [3.63, 3.8) is 0 Å². The average molecular weight is 432 g/mol. The summed E-state index contributed by atoms with van der Waals surface area (Å²) in [6, 6.07) is 8.33. The van der Waals surface area contributed by atoms with Crippen molar-refractivity contribution < 1.29 is 19.1 Å². The Morgan fingerprint density at radius 2 is 1.97 bits per heavy atom. The van der Waals surface area contributed by atoms with Crippen LogP contribution in [0.4, 0.5) is 4.79 Å². The van der Waals surface area contributed by atoms with Crippen molar-refractivity contribution in [2.45, 2.75) is 58.0 Å². The summed E-state index contributed by atoms with van der Waals surface area (Å²) < 4.78 is 10.4. The Bertz CT molecular complexity index is 719. The van der Waals surface area contributed by atoms with Crippen LogP contribution in [0.3, 0.4) is 0 Å². The van der Waals surface area contributed by atoms with Gasteiger partial charge in [-0.25, -0.2) is 4.79 Å². The highest BCUT2D eigenvalue weighted by Crippen LogP contribution is 2.26. The van der Waals surface area contributed by atoms with E-state index in [4.69, 9.17) is 9.47 Å². The standard InChI is InChI=1S/C24H37N3O4/c1-3-31-24(29)26-14-11-21(12-15-26)27-13-5-7-19(18-27)9-10-23(28)25-17-20-6-4-8-22(16-20)30-2/h4,6,8,16,19,21H,3,5,7,9-15,17-18H2,1-2H3,(H,25,28)/t19-/m0/s1. The lowest BCUT2D eigenvalue weighted by Crippen LogP contribution is -2.49. The molecule has 172 valence electrons. The van der Waals surface area contributed by atoms with E-state index < -0.39 is 0 Å². The van der Waals surface area contributed by atoms with Crippen LogP contribution in [0.1, 0.15) is 51.0 Å². The lowest BCUT2D eigenvalue weighted by atomic mass is 9.90. The number of hydrogen-bond donors (Lipinski definition) is 1. The topological polar surface area (TPSA) is 71.1 Å². The highest BCUT2D eigenvalue weighted by Gasteiger charge is 2.30. The normalized spacial score (nSPS) is 20.3. The van der Waals surface area contributed by atoms with Crippen molar-refractivity contribution in [3.8, 4) is 5.75 Å². The summed E-state index contributed by atoms with van der Waals surface area (Å²) >= 11 is 0. The Balaban J connectivity index is 1.37. The maximum atomic E-state index is 12.3. The first-order valence-corrected chi connectivity index (χ1v) is 11.6. The van der Waals surface area contributed by atoms with Crippen molar-refractivity contribution in [2.75, 3.05) is 39.9 Å². The molecular weight excluding hydrogens is 394 g/mol. The maximum Gasteiger partial charge on any atom is 0.409 e. The Morgan fingerprint density at radius 1 is 1.16 bits per heavy atom. The van der Waals surface area contributed by atoms with E-state index in [0.29, 0.717) is 31.5 Å². The minimum atomic E-state index is -0.183. The molecule has 0 bridgehead atoms. The lowest BCUT2D eigenvalue weighted by molar-refractivity contribution is -0.121. The fourth-order valence-electron chi connectivity index (χ4n) is 4.70. The monoisotopic (exact) mass is 431 g/mol. The molecule has 0 aliphatic carbocycles. The number of piperidine rings is 2. The first-order chi connectivity index (χ1) is 15.1. The van der Waals surface area contributed by atoms with Crippen LogP contribution in [0.2, 0.25) is 0 Å². The van der Waals surface area contributed by atoms with E-state index in [1.165, 1.54) is 12.8 Å². The molecule has 1 aromatic rings. The summed E-state index contributed by atoms with van der Waals surface area (Å²) in [6.07, 6.45) is 5.72. The third-order valence-corrected chi connectivity index (χ3v) is 6.46. The number of amides is 2. The van der Waals surface area contributed by atoms with Gasteiger partial charge in [0.15, 0.2) is 0 Å². The van der Waals surface area contributed by atoms with Gasteiger partial charge in [-0.1, -0.05) is 12.1 Å². The SMILES string of the molecule is CCOC(=O)N1CCC(N2CCC[C@@H](CCC(=O)NCc3cccc(OC)c3)C2)CC1. The zero-order valence-corrected chi connectivity index (χ0v) is 19.0. The molecule has 7 heteroatoms. The molecule has 0 aromatic heterocycles. The average Bonchev–Trinajstić information content (AvgIpc) is 2.82. The molecule has 2 amide bonds. The number of likely N-dealkylation sites (tertiary alicyclic amines) is 2. The molecule has 31 heavy (non-hydrogen) atoms. The molecule has 2 saturated heterocycles. The molecule has 1 N–H and O–H groups in total. The molecule has 1 atom stereocenters. The third kappa shape index (κ3) is 7.13. The number of rotatable bonds is 8. The zero-order valence-electron chi connectivity index (χ0n) is 19.0. The number of nitrogens with zero attached hydrogens (tertiary/aromatic N) is 2. The van der Waals surface area contributed by atoms with Gasteiger partial charge < -0.3 is 19.7 Å². The zero-order chi connectivity index (χ0) is 22.1. The molecular formula is C24H37N3O4. The van der Waals surface area contributed by atoms with Gasteiger partial charge in [0.2, 0.25) is 5.91 Å². The second-order valence-corrected chi connectivity index (χ2v) is 8.59. The van der Waals surface area contributed by atoms with Crippen LogP contribution >= 0.6 is 0 Å². The molecule has 0 saturated carbocycles. The minimum Gasteiger partial charge on any atom is -0.497 e. The van der Waals surface area contributed by atoms with Gasteiger partial charge in [0.1, 0.15) is 5.75 Å². The Kier molecular flexibility index (Phi) is 9.00. The number of carbonyl (C=O) groups is 2. The molecule has 7 nitrogen and oxygen atoms in total. The van der Waals surface area contributed by atoms with Crippen LogP contribution in [0, 0.1) is 5.92 Å². The van der Waals surface area contributed by atoms with Crippen LogP contribution in [0.15, 0.2) is 24.3 Å². The Morgan fingerprint density at radius 3 is 2.71 bits per heavy atom. The van der Waals surface area contributed by atoms with Gasteiger partial charge in [0.05, 0.1) is 13.7 Å². The molecule has 0 unspecified atom stereocenters. The van der Waals surface area contributed by atoms with Gasteiger partial charge in [-0.15, -0.1) is 0 Å². The molecule has 2 aliphatic heterocycles. The van der Waals surface area contributed by atoms with Gasteiger partial charge >= 0.3 is 6.09 Å². The largest absolute Gasteiger partial charge is 0.497 e. The fourth-order valence-corrected chi connectivity index (χ4v) is 4.70. The number of benzene rings is 1. The van der Waals surface area contributed by atoms with Gasteiger partial charge in [0.25, 0.3) is 0 Å². The summed E-state index contributed by atoms with van der Waals surface area (Å²) in [7, 11) is 1.65. The molecule has 3 rings (SSSR count). The van der Waals surface area contributed by atoms with Crippen LogP contribution in [-0.2, 0) is 16.1 Å². The second kappa shape index (κ2) is 11.9. The molecule has 2 heterocycles. The Labute approximate surface area is 186 Å². The molecule has 2 aliphatic rings. The van der Waals surface area contributed by atoms with Crippen molar-refractivity contribution in [1.29, 1.82) is 0 Å². The van der Waals surface area contributed by atoms with E-state index in [9.17, 15) is 9.59 Å². The fraction of sp³-hybridized carbons (Fsp3) is 0.667. The first kappa shape index (κ1) is 23.4. The van der Waals surface area contributed by atoms with Crippen LogP contribution in [-0.4, -0.2) is 67.7 Å². The Hall–Kier alpha value is -2.28. The number of nitrogens with one attached hydrogen (secondary N) is 1. The minimum absolute atomic E-state index is 0.114. The van der Waals surface area contributed by atoms with Gasteiger partial charge in [0, 0.05) is 38.6 Å². The van der Waals surface area contributed by atoms with Gasteiger partial charge in [-0.2, -0.15) is 0 Å². The summed E-state index contributed by atoms with van der Waals surface area (Å²) in [6.45, 7) is 6.55. The quantitative estimate of drug-likeness (QED) is 0.683. The number of methoxy groups -OCH3 is 1. The van der Waals surface area contributed by atoms with E-state index in [-0.39, 0.29) is 12.0 Å². The van der Waals surface area contributed by atoms with Gasteiger partial charge in [-0.3, -0.25) is 9.69 Å². The summed E-state index contributed by atoms with van der Waals surface area (Å²) in [5.74, 6) is 1.49. The van der Waals surface area contributed by atoms with Crippen LogP contribution in [0.25, 0.3) is 0 Å². The maximum absolute atomic E-state index is 12.3. The molecule has 0 spiro atoms. The van der Waals surface area contributed by atoms with E-state index in [1.807, 2.05) is 36.1 Å². The highest BCUT2D eigenvalue weighted by atomic mass is 16.6. The smallest absolute Gasteiger partial charge is 0.409 e. The number of carbonyl (C=O) groups excluding carboxylic acids is 2. The molecule has 0 radical (unpaired) electrons. The number of ether oxygens (including phenoxy) is 2. The van der Waals surface area contributed by atoms with E-state index in [1.54, 1.807) is 7.11 Å². The summed E-state index contributed by atoms with van der Waals surface area (Å²) in [5.41, 5.74) is 1.05. The van der Waals surface area contributed by atoms with E-state index in [2.05, 4.69) is 10.2 Å². The predicted octanol–water partition coefficient (Wildman–Crippen LogP) is 3.42. The van der Waals surface area contributed by atoms with Crippen molar-refractivity contribution in [2.24, 2.45) is 5.92 Å². The van der Waals surface area contributed by atoms with Crippen molar-refractivity contribution >= 4 is 12.0 Å². The van der Waals surface area contributed by atoms with Crippen LogP contribution < -0.4 is 10.1 Å². The lowest BCUT2D eigenvalue weighted by Gasteiger charge is -2.42. The highest BCUT2D eigenvalue weighted by molar-refractivity contribution is 5.75. The summed E-state index contributed by atoms with van der Waals surface area (Å²) in [5, 5.41) is 3.03. The van der Waals surface area contributed by atoms with Crippen molar-refractivity contribution in [1.82, 2.24) is 15.1 Å². The molecule has 1 aromatic carbocycles. The van der Waals surface area contributed by atoms with Crippen LogP contribution in [0.5, 0.6) is 5.75 Å². The first-order valence-electron chi connectivity index (χ1n) is 11.6. The van der Waals surface area contributed by atoms with E-state index in [0.717, 1.165) is 56.8 Å². The third-order valence-electron chi connectivity index (χ3n) is 6.46. The summed E-state index contributed by atoms with van der Waals surface area (Å²) in [4.78, 5) is 28.7. The van der Waals surface area contributed by atoms with Crippen molar-refractivity contribution in [3.05, 3.63) is 29.8 Å². The number of hydrogen-bond acceptors (Lipinski definition) is 5. The molecule has 2 fully saturated rings. The second-order valence-electron chi connectivity index (χ2n) is 8.59. The van der Waals surface area contributed by atoms with Gasteiger partial charge in [-0.05, 0) is 69.2 Å².